The quantitative estimate of drug-likeness (QED) is 0.814. The molecule has 2 aromatic rings. The Morgan fingerprint density at radius 3 is 2.31 bits per heavy atom. The lowest BCUT2D eigenvalue weighted by molar-refractivity contribution is -0.116. The highest BCUT2D eigenvalue weighted by molar-refractivity contribution is 7.89. The summed E-state index contributed by atoms with van der Waals surface area (Å²) in [5, 5.41) is 0.521. The number of hydrogen-bond donors (Lipinski definition) is 1. The molecule has 26 heavy (non-hydrogen) atoms. The predicted octanol–water partition coefficient (Wildman–Crippen LogP) is 3.60. The minimum Gasteiger partial charge on any atom is -0.311 e. The number of halogens is 1. The molecule has 1 amide bonds. The van der Waals surface area contributed by atoms with Crippen LogP contribution < -0.4 is 9.62 Å². The fourth-order valence-electron chi connectivity index (χ4n) is 2.58. The van der Waals surface area contributed by atoms with E-state index in [9.17, 15) is 13.2 Å². The largest absolute Gasteiger partial charge is 0.311 e. The molecule has 0 bridgehead atoms. The van der Waals surface area contributed by atoms with Crippen LogP contribution in [-0.4, -0.2) is 27.4 Å². The summed E-state index contributed by atoms with van der Waals surface area (Å²) in [6, 6.07) is 10.3. The predicted molar refractivity (Wildman–Crippen MR) is 105 cm³/mol. The lowest BCUT2D eigenvalue weighted by Crippen LogP contribution is -2.38. The highest BCUT2D eigenvalue weighted by atomic mass is 35.5. The van der Waals surface area contributed by atoms with Crippen molar-refractivity contribution in [3.05, 3.63) is 58.1 Å². The van der Waals surface area contributed by atoms with Gasteiger partial charge in [0.05, 0.1) is 4.90 Å². The van der Waals surface area contributed by atoms with Crippen LogP contribution in [-0.2, 0) is 14.8 Å². The Morgan fingerprint density at radius 1 is 1.04 bits per heavy atom. The Hall–Kier alpha value is -1.89. The number of rotatable bonds is 6. The van der Waals surface area contributed by atoms with Crippen LogP contribution in [0.5, 0.6) is 0 Å². The van der Waals surface area contributed by atoms with Gasteiger partial charge in [0.1, 0.15) is 0 Å². The molecule has 1 N–H and O–H groups in total. The van der Waals surface area contributed by atoms with Crippen molar-refractivity contribution in [3.63, 3.8) is 0 Å². The molecule has 5 nitrogen and oxygen atoms in total. The maximum Gasteiger partial charge on any atom is 0.240 e. The second-order valence-corrected chi connectivity index (χ2v) is 8.45. The Bertz CT molecular complexity index is 926. The lowest BCUT2D eigenvalue weighted by atomic mass is 10.1. The van der Waals surface area contributed by atoms with Gasteiger partial charge in [-0.25, -0.2) is 13.1 Å². The van der Waals surface area contributed by atoms with Crippen molar-refractivity contribution in [2.24, 2.45) is 0 Å². The highest BCUT2D eigenvalue weighted by Crippen LogP contribution is 2.24. The summed E-state index contributed by atoms with van der Waals surface area (Å²) in [5.74, 6) is -0.180. The summed E-state index contributed by atoms with van der Waals surface area (Å²) in [4.78, 5) is 13.8. The van der Waals surface area contributed by atoms with Crippen molar-refractivity contribution in [1.29, 1.82) is 0 Å². The molecule has 0 unspecified atom stereocenters. The van der Waals surface area contributed by atoms with E-state index in [0.29, 0.717) is 10.7 Å². The van der Waals surface area contributed by atoms with Crippen LogP contribution in [0, 0.1) is 20.8 Å². The Kier molecular flexibility index (Phi) is 6.44. The van der Waals surface area contributed by atoms with Gasteiger partial charge in [-0.3, -0.25) is 4.79 Å². The Labute approximate surface area is 160 Å². The van der Waals surface area contributed by atoms with E-state index in [1.165, 1.54) is 11.8 Å². The maximum atomic E-state index is 12.5. The van der Waals surface area contributed by atoms with E-state index in [-0.39, 0.29) is 23.9 Å². The monoisotopic (exact) mass is 394 g/mol. The fraction of sp³-hybridized carbons (Fsp3) is 0.316. The minimum absolute atomic E-state index is 0.0980. The molecule has 140 valence electrons. The molecule has 0 heterocycles. The molecule has 0 aliphatic rings. The summed E-state index contributed by atoms with van der Waals surface area (Å²) in [7, 11) is -3.64. The van der Waals surface area contributed by atoms with Crippen molar-refractivity contribution in [2.75, 3.05) is 18.0 Å². The minimum atomic E-state index is -3.64. The van der Waals surface area contributed by atoms with Gasteiger partial charge in [-0.1, -0.05) is 23.7 Å². The number of benzene rings is 2. The molecular formula is C19H23ClN2O3S. The second kappa shape index (κ2) is 8.20. The first-order chi connectivity index (χ1) is 12.1. The van der Waals surface area contributed by atoms with Gasteiger partial charge in [-0.15, -0.1) is 0 Å². The van der Waals surface area contributed by atoms with Gasteiger partial charge >= 0.3 is 0 Å². The van der Waals surface area contributed by atoms with Crippen LogP contribution in [0.25, 0.3) is 0 Å². The molecule has 0 atom stereocenters. The second-order valence-electron chi connectivity index (χ2n) is 6.25. The van der Waals surface area contributed by atoms with Crippen LogP contribution in [0.1, 0.15) is 23.6 Å². The van der Waals surface area contributed by atoms with Gasteiger partial charge < -0.3 is 4.90 Å². The van der Waals surface area contributed by atoms with E-state index in [1.54, 1.807) is 30.3 Å². The summed E-state index contributed by atoms with van der Waals surface area (Å²) in [6.07, 6.45) is 0. The van der Waals surface area contributed by atoms with E-state index < -0.39 is 10.0 Å². The average Bonchev–Trinajstić information content (AvgIpc) is 2.56. The van der Waals surface area contributed by atoms with Gasteiger partial charge in [0.2, 0.25) is 15.9 Å². The van der Waals surface area contributed by atoms with Gasteiger partial charge in [-0.05, 0) is 61.7 Å². The first-order valence-corrected chi connectivity index (χ1v) is 10.1. The Morgan fingerprint density at radius 2 is 1.69 bits per heavy atom. The van der Waals surface area contributed by atoms with Gasteiger partial charge in [0, 0.05) is 30.7 Å². The van der Waals surface area contributed by atoms with Gasteiger partial charge in [-0.2, -0.15) is 0 Å². The van der Waals surface area contributed by atoms with Gasteiger partial charge in [0.25, 0.3) is 0 Å². The van der Waals surface area contributed by atoms with Crippen LogP contribution in [0.15, 0.2) is 41.3 Å². The molecule has 7 heteroatoms. The summed E-state index contributed by atoms with van der Waals surface area (Å²) in [5.41, 5.74) is 3.51. The van der Waals surface area contributed by atoms with E-state index in [2.05, 4.69) is 4.72 Å². The number of hydrogen-bond acceptors (Lipinski definition) is 3. The first kappa shape index (κ1) is 20.4. The molecule has 0 spiro atoms. The number of carbonyl (C=O) groups excluding carboxylic acids is 1. The van der Waals surface area contributed by atoms with E-state index >= 15 is 0 Å². The number of sulfonamides is 1. The molecule has 2 aromatic carbocycles. The zero-order valence-electron chi connectivity index (χ0n) is 15.3. The summed E-state index contributed by atoms with van der Waals surface area (Å²) >= 11 is 6.03. The number of nitrogens with one attached hydrogen (secondary N) is 1. The Balaban J connectivity index is 2.13. The molecule has 2 rings (SSSR count). The fourth-order valence-corrected chi connectivity index (χ4v) is 3.85. The molecule has 0 saturated heterocycles. The first-order valence-electron chi connectivity index (χ1n) is 8.23. The van der Waals surface area contributed by atoms with E-state index in [0.717, 1.165) is 16.7 Å². The third-order valence-corrected chi connectivity index (χ3v) is 5.95. The zero-order valence-corrected chi connectivity index (χ0v) is 16.9. The number of anilines is 1. The smallest absolute Gasteiger partial charge is 0.240 e. The summed E-state index contributed by atoms with van der Waals surface area (Å²) < 4.78 is 27.5. The topological polar surface area (TPSA) is 66.5 Å². The third-order valence-electron chi connectivity index (χ3n) is 4.26. The molecular weight excluding hydrogens is 372 g/mol. The molecule has 0 aliphatic carbocycles. The molecule has 0 fully saturated rings. The number of carbonyl (C=O) groups is 1. The number of nitrogens with zero attached hydrogens (tertiary/aromatic N) is 1. The molecule has 0 aliphatic heterocycles. The van der Waals surface area contributed by atoms with Crippen LogP contribution in [0.3, 0.4) is 0 Å². The number of amides is 1. The average molecular weight is 395 g/mol. The van der Waals surface area contributed by atoms with E-state index in [4.69, 9.17) is 11.6 Å². The van der Waals surface area contributed by atoms with E-state index in [1.807, 2.05) is 26.8 Å². The van der Waals surface area contributed by atoms with Crippen LogP contribution >= 0.6 is 11.6 Å². The lowest BCUT2D eigenvalue weighted by Gasteiger charge is -2.23. The van der Waals surface area contributed by atoms with Gasteiger partial charge in [0.15, 0.2) is 0 Å². The van der Waals surface area contributed by atoms with Crippen molar-refractivity contribution < 1.29 is 13.2 Å². The van der Waals surface area contributed by atoms with Crippen LogP contribution in [0.2, 0.25) is 5.02 Å². The zero-order chi connectivity index (χ0) is 19.5. The normalized spacial score (nSPS) is 11.4. The van der Waals surface area contributed by atoms with Crippen molar-refractivity contribution >= 4 is 33.2 Å². The third kappa shape index (κ3) is 4.84. The van der Waals surface area contributed by atoms with Crippen LogP contribution in [0.4, 0.5) is 5.69 Å². The molecule has 0 saturated carbocycles. The molecule has 0 aromatic heterocycles. The number of aryl methyl sites for hydroxylation is 3. The van der Waals surface area contributed by atoms with Crippen molar-refractivity contribution in [3.8, 4) is 0 Å². The molecule has 0 radical (unpaired) electrons. The summed E-state index contributed by atoms with van der Waals surface area (Å²) in [6.45, 7) is 7.42. The highest BCUT2D eigenvalue weighted by Gasteiger charge is 2.18. The van der Waals surface area contributed by atoms with Crippen molar-refractivity contribution in [1.82, 2.24) is 4.72 Å². The standard InChI is InChI=1S/C19H23ClN2O3S/c1-13-6-8-18(11-15(13)3)26(24,25)21-9-10-22(16(4)23)19-12-17(20)7-5-14(19)2/h5-8,11-12,21H,9-10H2,1-4H3. The van der Waals surface area contributed by atoms with Crippen molar-refractivity contribution in [2.45, 2.75) is 32.6 Å². The maximum absolute atomic E-state index is 12.5. The SMILES string of the molecule is CC(=O)N(CCNS(=O)(=O)c1ccc(C)c(C)c1)c1cc(Cl)ccc1C.